The van der Waals surface area contributed by atoms with E-state index < -0.39 is 0 Å². The number of carbonyl (C=O) groups excluding carboxylic acids is 2. The number of aromatic nitrogens is 1. The lowest BCUT2D eigenvalue weighted by molar-refractivity contribution is -0.115. The van der Waals surface area contributed by atoms with E-state index in [0.29, 0.717) is 16.4 Å². The van der Waals surface area contributed by atoms with Crippen LogP contribution in [0.4, 0.5) is 10.8 Å². The third-order valence-electron chi connectivity index (χ3n) is 4.83. The van der Waals surface area contributed by atoms with Crippen molar-refractivity contribution >= 4 is 34.0 Å². The van der Waals surface area contributed by atoms with E-state index in [-0.39, 0.29) is 18.5 Å². The molecular weight excluding hydrogens is 384 g/mol. The van der Waals surface area contributed by atoms with Crippen LogP contribution in [0.15, 0.2) is 47.8 Å². The van der Waals surface area contributed by atoms with E-state index in [2.05, 4.69) is 11.9 Å². The first kappa shape index (κ1) is 20.7. The zero-order valence-electron chi connectivity index (χ0n) is 17.1. The van der Waals surface area contributed by atoms with E-state index >= 15 is 0 Å². The molecule has 0 aliphatic heterocycles. The van der Waals surface area contributed by atoms with E-state index in [1.54, 1.807) is 11.0 Å². The Labute approximate surface area is 175 Å². The summed E-state index contributed by atoms with van der Waals surface area (Å²) in [7, 11) is 0. The van der Waals surface area contributed by atoms with Gasteiger partial charge in [-0.1, -0.05) is 37.3 Å². The van der Waals surface area contributed by atoms with Crippen LogP contribution < -0.4 is 4.90 Å². The second-order valence-electron chi connectivity index (χ2n) is 6.78. The van der Waals surface area contributed by atoms with Gasteiger partial charge in [-0.05, 0) is 49.1 Å². The highest BCUT2D eigenvalue weighted by Gasteiger charge is 2.20. The summed E-state index contributed by atoms with van der Waals surface area (Å²) in [4.78, 5) is 30.9. The van der Waals surface area contributed by atoms with Crippen LogP contribution in [0.5, 0.6) is 0 Å². The molecule has 0 aliphatic carbocycles. The lowest BCUT2D eigenvalue weighted by Gasteiger charge is -2.20. The first-order chi connectivity index (χ1) is 13.9. The maximum Gasteiger partial charge on any atom is 0.338 e. The normalized spacial score (nSPS) is 10.6. The molecule has 1 aromatic heterocycles. The van der Waals surface area contributed by atoms with Crippen LogP contribution in [0.2, 0.25) is 0 Å². The number of para-hydroxylation sites is 1. The molecule has 0 atom stereocenters. The highest BCUT2D eigenvalue weighted by molar-refractivity contribution is 7.14. The molecule has 0 spiro atoms. The summed E-state index contributed by atoms with van der Waals surface area (Å²) in [5.41, 5.74) is 5.03. The topological polar surface area (TPSA) is 59.5 Å². The number of thiazole rings is 1. The molecule has 3 aromatic rings. The summed E-state index contributed by atoms with van der Waals surface area (Å²) >= 11 is 1.36. The van der Waals surface area contributed by atoms with Gasteiger partial charge in [0.1, 0.15) is 6.61 Å². The van der Waals surface area contributed by atoms with E-state index in [4.69, 9.17) is 4.74 Å². The predicted octanol–water partition coefficient (Wildman–Crippen LogP) is 5.36. The molecule has 0 N–H and O–H groups in total. The SMILES string of the molecule is CCc1ccccc1N(C(C)=O)c1nc(COC(=O)c2cccc(C)c2C)cs1. The van der Waals surface area contributed by atoms with Crippen LogP contribution in [-0.4, -0.2) is 16.9 Å². The highest BCUT2D eigenvalue weighted by Crippen LogP contribution is 2.32. The number of esters is 1. The number of amides is 1. The average molecular weight is 409 g/mol. The third kappa shape index (κ3) is 4.54. The Balaban J connectivity index is 1.78. The van der Waals surface area contributed by atoms with Crippen molar-refractivity contribution in [3.05, 3.63) is 75.8 Å². The van der Waals surface area contributed by atoms with E-state index in [9.17, 15) is 9.59 Å². The number of ether oxygens (including phenoxy) is 1. The molecule has 29 heavy (non-hydrogen) atoms. The van der Waals surface area contributed by atoms with E-state index in [1.165, 1.54) is 18.3 Å². The number of hydrogen-bond acceptors (Lipinski definition) is 5. The largest absolute Gasteiger partial charge is 0.456 e. The molecule has 1 heterocycles. The first-order valence-electron chi connectivity index (χ1n) is 9.48. The van der Waals surface area contributed by atoms with Gasteiger partial charge < -0.3 is 4.74 Å². The predicted molar refractivity (Wildman–Crippen MR) is 116 cm³/mol. The molecule has 0 fully saturated rings. The Bertz CT molecular complexity index is 1040. The number of aryl methyl sites for hydroxylation is 2. The van der Waals surface area contributed by atoms with Gasteiger partial charge in [-0.2, -0.15) is 0 Å². The van der Waals surface area contributed by atoms with Gasteiger partial charge in [0.15, 0.2) is 5.13 Å². The lowest BCUT2D eigenvalue weighted by Crippen LogP contribution is -2.23. The Morgan fingerprint density at radius 1 is 1.10 bits per heavy atom. The highest BCUT2D eigenvalue weighted by atomic mass is 32.1. The summed E-state index contributed by atoms with van der Waals surface area (Å²) in [6, 6.07) is 13.4. The van der Waals surface area contributed by atoms with E-state index in [1.807, 2.05) is 55.6 Å². The number of benzene rings is 2. The minimum atomic E-state index is -0.375. The fourth-order valence-electron chi connectivity index (χ4n) is 3.09. The van der Waals surface area contributed by atoms with Gasteiger partial charge in [0, 0.05) is 12.3 Å². The van der Waals surface area contributed by atoms with Crippen LogP contribution in [0.1, 0.15) is 46.6 Å². The molecule has 2 aromatic carbocycles. The molecule has 150 valence electrons. The van der Waals surface area contributed by atoms with Crippen molar-refractivity contribution in [3.63, 3.8) is 0 Å². The Morgan fingerprint density at radius 3 is 2.59 bits per heavy atom. The smallest absolute Gasteiger partial charge is 0.338 e. The van der Waals surface area contributed by atoms with Gasteiger partial charge in [0.2, 0.25) is 5.91 Å². The molecule has 0 aliphatic rings. The molecule has 0 radical (unpaired) electrons. The molecule has 6 heteroatoms. The van der Waals surface area contributed by atoms with Gasteiger partial charge in [-0.25, -0.2) is 9.78 Å². The molecule has 0 unspecified atom stereocenters. The van der Waals surface area contributed by atoms with Crippen LogP contribution in [-0.2, 0) is 22.6 Å². The van der Waals surface area contributed by atoms with E-state index in [0.717, 1.165) is 28.8 Å². The fourth-order valence-corrected chi connectivity index (χ4v) is 3.95. The lowest BCUT2D eigenvalue weighted by atomic mass is 10.0. The summed E-state index contributed by atoms with van der Waals surface area (Å²) < 4.78 is 5.46. The zero-order chi connectivity index (χ0) is 21.0. The van der Waals surface area contributed by atoms with Gasteiger partial charge in [-0.15, -0.1) is 11.3 Å². The molecule has 3 rings (SSSR count). The van der Waals surface area contributed by atoms with Gasteiger partial charge in [0.05, 0.1) is 16.9 Å². The molecule has 0 bridgehead atoms. The molecule has 1 amide bonds. The second-order valence-corrected chi connectivity index (χ2v) is 7.62. The Hall–Kier alpha value is -2.99. The molecule has 0 saturated heterocycles. The van der Waals surface area contributed by atoms with Crippen LogP contribution in [0.3, 0.4) is 0 Å². The molecule has 5 nitrogen and oxygen atoms in total. The van der Waals surface area contributed by atoms with Crippen molar-refractivity contribution in [2.75, 3.05) is 4.90 Å². The standard InChI is InChI=1S/C23H24N2O3S/c1-5-18-10-6-7-12-21(18)25(17(4)26)23-24-19(14-29-23)13-28-22(27)20-11-8-9-15(2)16(20)3/h6-12,14H,5,13H2,1-4H3. The number of carbonyl (C=O) groups is 2. The maximum absolute atomic E-state index is 12.4. The molecule has 0 saturated carbocycles. The van der Waals surface area contributed by atoms with Crippen molar-refractivity contribution in [1.29, 1.82) is 0 Å². The fraction of sp³-hybridized carbons (Fsp3) is 0.261. The Morgan fingerprint density at radius 2 is 1.86 bits per heavy atom. The zero-order valence-corrected chi connectivity index (χ0v) is 17.9. The van der Waals surface area contributed by atoms with Crippen molar-refractivity contribution < 1.29 is 14.3 Å². The van der Waals surface area contributed by atoms with Crippen molar-refractivity contribution in [2.24, 2.45) is 0 Å². The third-order valence-corrected chi connectivity index (χ3v) is 5.71. The van der Waals surface area contributed by atoms with Crippen LogP contribution in [0, 0.1) is 13.8 Å². The van der Waals surface area contributed by atoms with Crippen molar-refractivity contribution in [2.45, 2.75) is 40.7 Å². The van der Waals surface area contributed by atoms with Crippen molar-refractivity contribution in [1.82, 2.24) is 4.98 Å². The quantitative estimate of drug-likeness (QED) is 0.515. The second kappa shape index (κ2) is 9.01. The number of anilines is 2. The summed E-state index contributed by atoms with van der Waals surface area (Å²) in [5.74, 6) is -0.486. The van der Waals surface area contributed by atoms with Gasteiger partial charge in [-0.3, -0.25) is 9.69 Å². The Kier molecular flexibility index (Phi) is 6.44. The number of rotatable bonds is 6. The monoisotopic (exact) mass is 408 g/mol. The summed E-state index contributed by atoms with van der Waals surface area (Å²) in [6.45, 7) is 7.50. The van der Waals surface area contributed by atoms with Gasteiger partial charge >= 0.3 is 5.97 Å². The summed E-state index contributed by atoms with van der Waals surface area (Å²) in [5, 5.41) is 2.38. The van der Waals surface area contributed by atoms with Crippen LogP contribution in [0.25, 0.3) is 0 Å². The van der Waals surface area contributed by atoms with Crippen LogP contribution >= 0.6 is 11.3 Å². The van der Waals surface area contributed by atoms with Crippen molar-refractivity contribution in [3.8, 4) is 0 Å². The number of nitrogens with zero attached hydrogens (tertiary/aromatic N) is 2. The van der Waals surface area contributed by atoms with Gasteiger partial charge in [0.25, 0.3) is 0 Å². The minimum absolute atomic E-state index is 0.0594. The summed E-state index contributed by atoms with van der Waals surface area (Å²) in [6.07, 6.45) is 0.811. The molecular formula is C23H24N2O3S. The first-order valence-corrected chi connectivity index (χ1v) is 10.4. The minimum Gasteiger partial charge on any atom is -0.456 e. The number of hydrogen-bond donors (Lipinski definition) is 0. The maximum atomic E-state index is 12.4. The average Bonchev–Trinajstić information content (AvgIpc) is 3.17.